The van der Waals surface area contributed by atoms with Crippen LogP contribution in [0.3, 0.4) is 0 Å². The molecule has 0 spiro atoms. The zero-order chi connectivity index (χ0) is 14.4. The number of hydrogen-bond acceptors (Lipinski definition) is 3. The largest absolute Gasteiger partial charge is 0.507 e. The third kappa shape index (κ3) is 4.03. The van der Waals surface area contributed by atoms with E-state index in [1.165, 1.54) is 23.1 Å². The highest BCUT2D eigenvalue weighted by atomic mass is 35.5. The molecule has 6 nitrogen and oxygen atoms in total. The zero-order valence-corrected chi connectivity index (χ0v) is 11.5. The van der Waals surface area contributed by atoms with Gasteiger partial charge in [-0.05, 0) is 32.0 Å². The van der Waals surface area contributed by atoms with Crippen LogP contribution in [-0.4, -0.2) is 35.0 Å². The normalized spacial score (nSPS) is 9.84. The van der Waals surface area contributed by atoms with Crippen molar-refractivity contribution in [2.24, 2.45) is 0 Å². The molecular formula is C12H16ClN3O3. The predicted octanol–water partition coefficient (Wildman–Crippen LogP) is 1.74. The molecule has 1 aromatic carbocycles. The minimum Gasteiger partial charge on any atom is -0.507 e. The summed E-state index contributed by atoms with van der Waals surface area (Å²) in [5.41, 5.74) is 4.47. The average Bonchev–Trinajstić information content (AvgIpc) is 2.40. The number of phenols is 1. The molecule has 0 saturated heterocycles. The second kappa shape index (κ2) is 6.84. The van der Waals surface area contributed by atoms with Gasteiger partial charge >= 0.3 is 6.03 Å². The molecule has 0 saturated carbocycles. The SMILES string of the molecule is CCN(CC)C(=O)NNC(=O)c1cc(Cl)ccc1O. The summed E-state index contributed by atoms with van der Waals surface area (Å²) in [5, 5.41) is 9.85. The maximum absolute atomic E-state index is 11.8. The van der Waals surface area contributed by atoms with Gasteiger partial charge in [0.1, 0.15) is 5.75 Å². The van der Waals surface area contributed by atoms with Crippen LogP contribution >= 0.6 is 11.6 Å². The standard InChI is InChI=1S/C12H16ClN3O3/c1-3-16(4-2)12(19)15-14-11(18)9-7-8(13)5-6-10(9)17/h5-7,17H,3-4H2,1-2H3,(H,14,18)(H,15,19). The topological polar surface area (TPSA) is 81.7 Å². The van der Waals surface area contributed by atoms with Gasteiger partial charge in [0.15, 0.2) is 0 Å². The lowest BCUT2D eigenvalue weighted by molar-refractivity contribution is 0.0927. The minimum atomic E-state index is -0.638. The molecule has 0 atom stereocenters. The number of halogens is 1. The molecule has 104 valence electrons. The first-order valence-electron chi connectivity index (χ1n) is 5.83. The van der Waals surface area contributed by atoms with Gasteiger partial charge < -0.3 is 10.0 Å². The van der Waals surface area contributed by atoms with Crippen LogP contribution in [0.15, 0.2) is 18.2 Å². The predicted molar refractivity (Wildman–Crippen MR) is 72.0 cm³/mol. The van der Waals surface area contributed by atoms with Crippen LogP contribution in [0.4, 0.5) is 4.79 Å². The average molecular weight is 286 g/mol. The summed E-state index contributed by atoms with van der Waals surface area (Å²) < 4.78 is 0. The van der Waals surface area contributed by atoms with Gasteiger partial charge in [-0.25, -0.2) is 10.2 Å². The van der Waals surface area contributed by atoms with Crippen molar-refractivity contribution in [1.82, 2.24) is 15.8 Å². The minimum absolute atomic E-state index is 0.00709. The van der Waals surface area contributed by atoms with Crippen molar-refractivity contribution >= 4 is 23.5 Å². The number of carbonyl (C=O) groups is 2. The van der Waals surface area contributed by atoms with Gasteiger partial charge in [0.2, 0.25) is 0 Å². The second-order valence-corrected chi connectivity index (χ2v) is 4.15. The van der Waals surface area contributed by atoms with Crippen LogP contribution in [0.2, 0.25) is 5.02 Å². The van der Waals surface area contributed by atoms with Crippen molar-refractivity contribution in [3.8, 4) is 5.75 Å². The molecule has 0 aliphatic carbocycles. The summed E-state index contributed by atoms with van der Waals surface area (Å²) in [6, 6.07) is 3.67. The van der Waals surface area contributed by atoms with E-state index >= 15 is 0 Å². The van der Waals surface area contributed by atoms with Gasteiger partial charge in [0.05, 0.1) is 5.56 Å². The van der Waals surface area contributed by atoms with E-state index < -0.39 is 11.9 Å². The molecular weight excluding hydrogens is 270 g/mol. The highest BCUT2D eigenvalue weighted by Gasteiger charge is 2.14. The Morgan fingerprint density at radius 2 is 1.89 bits per heavy atom. The summed E-state index contributed by atoms with van der Waals surface area (Å²) in [4.78, 5) is 24.9. The summed E-state index contributed by atoms with van der Waals surface area (Å²) >= 11 is 5.73. The Balaban J connectivity index is 2.65. The number of hydrazine groups is 1. The maximum Gasteiger partial charge on any atom is 0.336 e. The summed E-state index contributed by atoms with van der Waals surface area (Å²) in [6.45, 7) is 4.71. The number of nitrogens with zero attached hydrogens (tertiary/aromatic N) is 1. The zero-order valence-electron chi connectivity index (χ0n) is 10.7. The highest BCUT2D eigenvalue weighted by Crippen LogP contribution is 2.20. The van der Waals surface area contributed by atoms with E-state index in [-0.39, 0.29) is 11.3 Å². The second-order valence-electron chi connectivity index (χ2n) is 3.72. The number of hydrogen-bond donors (Lipinski definition) is 3. The fraction of sp³-hybridized carbons (Fsp3) is 0.333. The molecule has 0 aliphatic heterocycles. The van der Waals surface area contributed by atoms with Gasteiger partial charge in [-0.1, -0.05) is 11.6 Å². The molecule has 1 aromatic rings. The number of aromatic hydroxyl groups is 1. The quantitative estimate of drug-likeness (QED) is 0.740. The van der Waals surface area contributed by atoms with Crippen molar-refractivity contribution in [2.75, 3.05) is 13.1 Å². The first kappa shape index (κ1) is 15.1. The lowest BCUT2D eigenvalue weighted by Crippen LogP contribution is -2.48. The molecule has 19 heavy (non-hydrogen) atoms. The van der Waals surface area contributed by atoms with Crippen LogP contribution in [0.1, 0.15) is 24.2 Å². The van der Waals surface area contributed by atoms with Gasteiger partial charge in [0.25, 0.3) is 5.91 Å². The van der Waals surface area contributed by atoms with E-state index in [4.69, 9.17) is 11.6 Å². The number of rotatable bonds is 3. The Morgan fingerprint density at radius 1 is 1.26 bits per heavy atom. The Kier molecular flexibility index (Phi) is 5.44. The smallest absolute Gasteiger partial charge is 0.336 e. The third-order valence-corrected chi connectivity index (χ3v) is 2.77. The molecule has 0 fully saturated rings. The van der Waals surface area contributed by atoms with Crippen molar-refractivity contribution in [3.63, 3.8) is 0 Å². The monoisotopic (exact) mass is 285 g/mol. The van der Waals surface area contributed by atoms with Crippen LogP contribution in [0.25, 0.3) is 0 Å². The third-order valence-electron chi connectivity index (χ3n) is 2.54. The van der Waals surface area contributed by atoms with Crippen LogP contribution in [0.5, 0.6) is 5.75 Å². The number of nitrogens with one attached hydrogen (secondary N) is 2. The van der Waals surface area contributed by atoms with Gasteiger partial charge in [-0.2, -0.15) is 0 Å². The van der Waals surface area contributed by atoms with Crippen LogP contribution < -0.4 is 10.9 Å². The molecule has 3 N–H and O–H groups in total. The molecule has 0 aliphatic rings. The lowest BCUT2D eigenvalue weighted by Gasteiger charge is -2.19. The van der Waals surface area contributed by atoms with Gasteiger partial charge in [-0.3, -0.25) is 10.2 Å². The van der Waals surface area contributed by atoms with Crippen molar-refractivity contribution in [3.05, 3.63) is 28.8 Å². The van der Waals surface area contributed by atoms with Crippen LogP contribution in [-0.2, 0) is 0 Å². The molecule has 0 radical (unpaired) electrons. The molecule has 0 unspecified atom stereocenters. The molecule has 7 heteroatoms. The molecule has 1 rings (SSSR count). The highest BCUT2D eigenvalue weighted by molar-refractivity contribution is 6.31. The fourth-order valence-corrected chi connectivity index (χ4v) is 1.63. The van der Waals surface area contributed by atoms with Crippen molar-refractivity contribution in [1.29, 1.82) is 0 Å². The number of benzene rings is 1. The maximum atomic E-state index is 11.8. The fourth-order valence-electron chi connectivity index (χ4n) is 1.46. The summed E-state index contributed by atoms with van der Waals surface area (Å²) in [5.74, 6) is -0.848. The Labute approximate surface area is 116 Å². The van der Waals surface area contributed by atoms with Crippen molar-refractivity contribution in [2.45, 2.75) is 13.8 Å². The van der Waals surface area contributed by atoms with Crippen molar-refractivity contribution < 1.29 is 14.7 Å². The van der Waals surface area contributed by atoms with E-state index in [0.29, 0.717) is 18.1 Å². The number of amides is 3. The molecule has 0 heterocycles. The molecule has 0 aromatic heterocycles. The first-order chi connectivity index (χ1) is 8.99. The van der Waals surface area contributed by atoms with E-state index in [9.17, 15) is 14.7 Å². The number of phenolic OH excluding ortho intramolecular Hbond substituents is 1. The summed E-state index contributed by atoms with van der Waals surface area (Å²) in [7, 11) is 0. The van der Waals surface area contributed by atoms with E-state index in [0.717, 1.165) is 0 Å². The number of urea groups is 1. The Morgan fingerprint density at radius 3 is 2.47 bits per heavy atom. The molecule has 3 amide bonds. The van der Waals surface area contributed by atoms with Gasteiger partial charge in [-0.15, -0.1) is 0 Å². The van der Waals surface area contributed by atoms with E-state index in [1.807, 2.05) is 13.8 Å². The van der Waals surface area contributed by atoms with Gasteiger partial charge in [0, 0.05) is 18.1 Å². The Bertz CT molecular complexity index is 475. The Hall–Kier alpha value is -1.95. The van der Waals surface area contributed by atoms with E-state index in [2.05, 4.69) is 10.9 Å². The first-order valence-corrected chi connectivity index (χ1v) is 6.21. The van der Waals surface area contributed by atoms with Crippen LogP contribution in [0, 0.1) is 0 Å². The number of carbonyl (C=O) groups excluding carboxylic acids is 2. The van der Waals surface area contributed by atoms with E-state index in [1.54, 1.807) is 0 Å². The summed E-state index contributed by atoms with van der Waals surface area (Å²) in [6.07, 6.45) is 0. The lowest BCUT2D eigenvalue weighted by atomic mass is 10.2. The molecule has 0 bridgehead atoms.